The van der Waals surface area contributed by atoms with Crippen LogP contribution in [0.2, 0.25) is 5.02 Å². The van der Waals surface area contributed by atoms with Crippen molar-refractivity contribution in [2.24, 2.45) is 0 Å². The molecule has 1 saturated heterocycles. The number of imidazole rings is 1. The second-order valence-corrected chi connectivity index (χ2v) is 8.21. The van der Waals surface area contributed by atoms with Crippen LogP contribution in [0.3, 0.4) is 0 Å². The summed E-state index contributed by atoms with van der Waals surface area (Å²) in [5.41, 5.74) is 4.26. The number of aromatic nitrogens is 4. The van der Waals surface area contributed by atoms with Crippen molar-refractivity contribution < 1.29 is 14.3 Å². The summed E-state index contributed by atoms with van der Waals surface area (Å²) >= 11 is 6.07. The smallest absolute Gasteiger partial charge is 0.259 e. The van der Waals surface area contributed by atoms with Crippen LogP contribution in [-0.4, -0.2) is 64.4 Å². The summed E-state index contributed by atoms with van der Waals surface area (Å²) in [6, 6.07) is 11.1. The van der Waals surface area contributed by atoms with Crippen molar-refractivity contribution in [3.05, 3.63) is 58.7 Å². The molecule has 33 heavy (non-hydrogen) atoms. The Balaban J connectivity index is 1.38. The molecule has 0 saturated carbocycles. The van der Waals surface area contributed by atoms with Crippen LogP contribution in [-0.2, 0) is 11.3 Å². The maximum absolute atomic E-state index is 12.9. The van der Waals surface area contributed by atoms with Crippen molar-refractivity contribution in [1.29, 1.82) is 0 Å². The van der Waals surface area contributed by atoms with Crippen LogP contribution < -0.4 is 10.1 Å². The Morgan fingerprint density at radius 2 is 2.09 bits per heavy atom. The molecule has 3 N–H and O–H groups in total. The molecule has 10 heteroatoms. The minimum Gasteiger partial charge on any atom is -0.496 e. The van der Waals surface area contributed by atoms with Gasteiger partial charge >= 0.3 is 0 Å². The summed E-state index contributed by atoms with van der Waals surface area (Å²) in [4.78, 5) is 23.3. The van der Waals surface area contributed by atoms with E-state index >= 15 is 0 Å². The first-order valence-corrected chi connectivity index (χ1v) is 11.0. The highest BCUT2D eigenvalue weighted by Crippen LogP contribution is 2.28. The SMILES string of the molecule is COc1ccc(Cl)cc1C(=O)Nc1c[nH]nc1-c1nc2cc(CN3CCOCC3)ccc2[nH]1. The van der Waals surface area contributed by atoms with Crippen LogP contribution in [0.4, 0.5) is 5.69 Å². The fraction of sp³-hybridized carbons (Fsp3) is 0.261. The first-order valence-electron chi connectivity index (χ1n) is 10.6. The molecule has 170 valence electrons. The molecule has 4 aromatic rings. The van der Waals surface area contributed by atoms with Crippen LogP contribution in [0.5, 0.6) is 5.75 Å². The summed E-state index contributed by atoms with van der Waals surface area (Å²) in [5.74, 6) is 0.627. The number of hydrogen-bond donors (Lipinski definition) is 3. The van der Waals surface area contributed by atoms with Gasteiger partial charge in [0.1, 0.15) is 5.75 Å². The van der Waals surface area contributed by atoms with Gasteiger partial charge in [-0.25, -0.2) is 4.98 Å². The lowest BCUT2D eigenvalue weighted by molar-refractivity contribution is 0.0342. The number of hydrogen-bond acceptors (Lipinski definition) is 6. The molecule has 0 atom stereocenters. The molecule has 9 nitrogen and oxygen atoms in total. The summed E-state index contributed by atoms with van der Waals surface area (Å²) in [6.45, 7) is 4.24. The van der Waals surface area contributed by atoms with Gasteiger partial charge in [-0.3, -0.25) is 14.8 Å². The van der Waals surface area contributed by atoms with Gasteiger partial charge in [0.15, 0.2) is 11.5 Å². The van der Waals surface area contributed by atoms with E-state index in [-0.39, 0.29) is 5.91 Å². The van der Waals surface area contributed by atoms with Crippen LogP contribution in [0.25, 0.3) is 22.6 Å². The molecule has 0 bridgehead atoms. The Morgan fingerprint density at radius 3 is 2.91 bits per heavy atom. The fourth-order valence-electron chi connectivity index (χ4n) is 3.89. The van der Waals surface area contributed by atoms with E-state index in [1.165, 1.54) is 12.7 Å². The molecule has 1 fully saturated rings. The summed E-state index contributed by atoms with van der Waals surface area (Å²) in [5, 5.41) is 10.4. The fourth-order valence-corrected chi connectivity index (χ4v) is 4.06. The molecule has 0 spiro atoms. The number of nitrogens with one attached hydrogen (secondary N) is 3. The van der Waals surface area contributed by atoms with Crippen molar-refractivity contribution >= 4 is 34.2 Å². The lowest BCUT2D eigenvalue weighted by Crippen LogP contribution is -2.35. The molecule has 1 aliphatic heterocycles. The molecule has 0 radical (unpaired) electrons. The Hall–Kier alpha value is -3.40. The number of benzene rings is 2. The van der Waals surface area contributed by atoms with Crippen molar-refractivity contribution in [1.82, 2.24) is 25.1 Å². The molecule has 1 amide bonds. The standard InChI is InChI=1S/C23H23ClN6O3/c1-32-20-5-3-15(24)11-16(20)23(31)28-19-12-25-29-21(19)22-26-17-4-2-14(10-18(17)27-22)13-30-6-8-33-9-7-30/h2-5,10-12H,6-9,13H2,1H3,(H,25,29)(H,26,27)(H,28,31). The van der Waals surface area contributed by atoms with Crippen LogP contribution >= 0.6 is 11.6 Å². The first-order chi connectivity index (χ1) is 16.1. The Morgan fingerprint density at radius 1 is 1.24 bits per heavy atom. The number of aromatic amines is 2. The van der Waals surface area contributed by atoms with Gasteiger partial charge in [-0.15, -0.1) is 0 Å². The molecule has 1 aliphatic rings. The highest BCUT2D eigenvalue weighted by Gasteiger charge is 2.19. The van der Waals surface area contributed by atoms with Crippen LogP contribution in [0.15, 0.2) is 42.6 Å². The third-order valence-electron chi connectivity index (χ3n) is 5.58. The lowest BCUT2D eigenvalue weighted by Gasteiger charge is -2.26. The van der Waals surface area contributed by atoms with Crippen molar-refractivity contribution in [2.45, 2.75) is 6.54 Å². The number of nitrogens with zero attached hydrogens (tertiary/aromatic N) is 3. The van der Waals surface area contributed by atoms with E-state index in [9.17, 15) is 4.79 Å². The van der Waals surface area contributed by atoms with E-state index < -0.39 is 0 Å². The molecular formula is C23H23ClN6O3. The van der Waals surface area contributed by atoms with E-state index in [4.69, 9.17) is 26.1 Å². The number of amides is 1. The van der Waals surface area contributed by atoms with Crippen molar-refractivity contribution in [3.63, 3.8) is 0 Å². The van der Waals surface area contributed by atoms with Gasteiger partial charge in [0.05, 0.1) is 42.6 Å². The lowest BCUT2D eigenvalue weighted by atomic mass is 10.2. The Labute approximate surface area is 195 Å². The molecular weight excluding hydrogens is 444 g/mol. The van der Waals surface area contributed by atoms with E-state index in [0.29, 0.717) is 33.5 Å². The zero-order valence-electron chi connectivity index (χ0n) is 18.0. The molecule has 3 heterocycles. The van der Waals surface area contributed by atoms with Gasteiger partial charge < -0.3 is 19.8 Å². The third kappa shape index (κ3) is 4.56. The van der Waals surface area contributed by atoms with Gasteiger partial charge in [-0.2, -0.15) is 5.10 Å². The average Bonchev–Trinajstić information content (AvgIpc) is 3.46. The number of morpholine rings is 1. The van der Waals surface area contributed by atoms with Crippen LogP contribution in [0.1, 0.15) is 15.9 Å². The molecule has 5 rings (SSSR count). The number of methoxy groups -OCH3 is 1. The number of rotatable bonds is 6. The van der Waals surface area contributed by atoms with Gasteiger partial charge in [0.25, 0.3) is 5.91 Å². The molecule has 2 aromatic carbocycles. The molecule has 0 unspecified atom stereocenters. The van der Waals surface area contributed by atoms with E-state index in [1.807, 2.05) is 6.07 Å². The number of fused-ring (bicyclic) bond motifs is 1. The van der Waals surface area contributed by atoms with Crippen molar-refractivity contribution in [2.75, 3.05) is 38.7 Å². The van der Waals surface area contributed by atoms with E-state index in [0.717, 1.165) is 43.9 Å². The van der Waals surface area contributed by atoms with Gasteiger partial charge in [-0.1, -0.05) is 17.7 Å². The monoisotopic (exact) mass is 466 g/mol. The zero-order valence-corrected chi connectivity index (χ0v) is 18.8. The first kappa shape index (κ1) is 21.4. The number of halogens is 1. The highest BCUT2D eigenvalue weighted by molar-refractivity contribution is 6.31. The molecule has 0 aliphatic carbocycles. The average molecular weight is 467 g/mol. The maximum atomic E-state index is 12.9. The minimum absolute atomic E-state index is 0.328. The summed E-state index contributed by atoms with van der Waals surface area (Å²) in [7, 11) is 1.50. The number of ether oxygens (including phenoxy) is 2. The highest BCUT2D eigenvalue weighted by atomic mass is 35.5. The Bertz CT molecular complexity index is 1290. The quantitative estimate of drug-likeness (QED) is 0.400. The normalized spacial score (nSPS) is 14.5. The minimum atomic E-state index is -0.360. The summed E-state index contributed by atoms with van der Waals surface area (Å²) < 4.78 is 10.7. The van der Waals surface area contributed by atoms with Gasteiger partial charge in [0, 0.05) is 30.9 Å². The predicted molar refractivity (Wildman–Crippen MR) is 126 cm³/mol. The third-order valence-corrected chi connectivity index (χ3v) is 5.81. The number of carbonyl (C=O) groups excluding carboxylic acids is 1. The second-order valence-electron chi connectivity index (χ2n) is 7.77. The largest absolute Gasteiger partial charge is 0.496 e. The number of anilines is 1. The van der Waals surface area contributed by atoms with E-state index in [2.05, 4.69) is 37.5 Å². The maximum Gasteiger partial charge on any atom is 0.259 e. The van der Waals surface area contributed by atoms with E-state index in [1.54, 1.807) is 24.4 Å². The second kappa shape index (κ2) is 9.22. The van der Waals surface area contributed by atoms with Gasteiger partial charge in [-0.05, 0) is 35.9 Å². The predicted octanol–water partition coefficient (Wildman–Crippen LogP) is 3.70. The summed E-state index contributed by atoms with van der Waals surface area (Å²) in [6.07, 6.45) is 1.61. The zero-order chi connectivity index (χ0) is 22.8. The van der Waals surface area contributed by atoms with Crippen molar-refractivity contribution in [3.8, 4) is 17.3 Å². The number of carbonyl (C=O) groups is 1. The van der Waals surface area contributed by atoms with Crippen LogP contribution in [0, 0.1) is 0 Å². The Kier molecular flexibility index (Phi) is 5.99. The van der Waals surface area contributed by atoms with Gasteiger partial charge in [0.2, 0.25) is 0 Å². The molecule has 2 aromatic heterocycles. The number of H-pyrrole nitrogens is 2. The topological polar surface area (TPSA) is 108 Å².